The van der Waals surface area contributed by atoms with E-state index < -0.39 is 22.0 Å². The summed E-state index contributed by atoms with van der Waals surface area (Å²) >= 11 is 11.7. The molecule has 0 aliphatic carbocycles. The van der Waals surface area contributed by atoms with E-state index in [0.29, 0.717) is 21.4 Å². The third kappa shape index (κ3) is 4.63. The highest BCUT2D eigenvalue weighted by Gasteiger charge is 2.29. The summed E-state index contributed by atoms with van der Waals surface area (Å²) < 4.78 is 25.4. The number of nitrogens with zero attached hydrogens (tertiary/aromatic N) is 1. The van der Waals surface area contributed by atoms with E-state index in [-0.39, 0.29) is 0 Å². The normalized spacial score (nSPS) is 12.5. The van der Waals surface area contributed by atoms with Crippen LogP contribution in [-0.2, 0) is 14.8 Å². The Bertz CT molecular complexity index is 839. The number of rotatable bonds is 5. The molecule has 0 radical (unpaired) electrons. The van der Waals surface area contributed by atoms with Crippen molar-refractivity contribution in [3.63, 3.8) is 0 Å². The first-order valence-electron chi connectivity index (χ1n) is 7.00. The second-order valence-corrected chi connectivity index (χ2v) is 7.94. The third-order valence-corrected chi connectivity index (χ3v) is 4.99. The Balaban J connectivity index is 2.29. The standard InChI is InChI=1S/C16H16Cl2N2O3S/c1-11(16(21)19-14-8-6-12(17)7-9-14)20(24(2,22)23)15-5-3-4-13(18)10-15/h3-11H,1-2H3,(H,19,21)/t11-/m1/s1. The van der Waals surface area contributed by atoms with Gasteiger partial charge < -0.3 is 5.32 Å². The van der Waals surface area contributed by atoms with Gasteiger partial charge in [-0.05, 0) is 49.4 Å². The predicted molar refractivity (Wildman–Crippen MR) is 98.3 cm³/mol. The van der Waals surface area contributed by atoms with Crippen molar-refractivity contribution >= 4 is 50.5 Å². The van der Waals surface area contributed by atoms with Gasteiger partial charge in [-0.15, -0.1) is 0 Å². The van der Waals surface area contributed by atoms with E-state index in [1.54, 1.807) is 42.5 Å². The number of carbonyl (C=O) groups excluding carboxylic acids is 1. The van der Waals surface area contributed by atoms with Crippen molar-refractivity contribution in [1.29, 1.82) is 0 Å². The van der Waals surface area contributed by atoms with Crippen LogP contribution in [0.5, 0.6) is 0 Å². The zero-order valence-electron chi connectivity index (χ0n) is 13.0. The molecule has 5 nitrogen and oxygen atoms in total. The highest BCUT2D eigenvalue weighted by molar-refractivity contribution is 7.92. The van der Waals surface area contributed by atoms with Crippen LogP contribution in [0.1, 0.15) is 6.92 Å². The zero-order chi connectivity index (χ0) is 17.9. The highest BCUT2D eigenvalue weighted by atomic mass is 35.5. The third-order valence-electron chi connectivity index (χ3n) is 3.26. The second kappa shape index (κ2) is 7.42. The molecule has 2 aromatic rings. The van der Waals surface area contributed by atoms with E-state index in [1.807, 2.05) is 0 Å². The number of anilines is 2. The van der Waals surface area contributed by atoms with Gasteiger partial charge in [-0.1, -0.05) is 29.3 Å². The second-order valence-electron chi connectivity index (χ2n) is 5.21. The molecule has 0 fully saturated rings. The number of hydrogen-bond acceptors (Lipinski definition) is 3. The summed E-state index contributed by atoms with van der Waals surface area (Å²) in [5.74, 6) is -0.470. The van der Waals surface area contributed by atoms with Crippen LogP contribution in [0.3, 0.4) is 0 Å². The molecule has 0 saturated carbocycles. The van der Waals surface area contributed by atoms with Gasteiger partial charge in [0.2, 0.25) is 15.9 Å². The first kappa shape index (κ1) is 18.6. The molecule has 0 aromatic heterocycles. The van der Waals surface area contributed by atoms with Crippen LogP contribution in [-0.4, -0.2) is 26.6 Å². The van der Waals surface area contributed by atoms with E-state index in [4.69, 9.17) is 23.2 Å². The van der Waals surface area contributed by atoms with Crippen molar-refractivity contribution in [1.82, 2.24) is 0 Å². The highest BCUT2D eigenvalue weighted by Crippen LogP contribution is 2.24. The molecule has 0 heterocycles. The summed E-state index contributed by atoms with van der Waals surface area (Å²) in [6.45, 7) is 1.51. The number of amides is 1. The summed E-state index contributed by atoms with van der Waals surface area (Å²) in [5.41, 5.74) is 0.847. The molecule has 0 bridgehead atoms. The number of carbonyl (C=O) groups is 1. The molecule has 1 amide bonds. The van der Waals surface area contributed by atoms with Crippen molar-refractivity contribution in [3.05, 3.63) is 58.6 Å². The first-order valence-corrected chi connectivity index (χ1v) is 9.60. The molecule has 1 N–H and O–H groups in total. The van der Waals surface area contributed by atoms with Crippen LogP contribution < -0.4 is 9.62 Å². The fraction of sp³-hybridized carbons (Fsp3) is 0.188. The average Bonchev–Trinajstić information content (AvgIpc) is 2.48. The van der Waals surface area contributed by atoms with Gasteiger partial charge in [0, 0.05) is 15.7 Å². The molecule has 0 spiro atoms. The summed E-state index contributed by atoms with van der Waals surface area (Å²) in [4.78, 5) is 12.5. The van der Waals surface area contributed by atoms with Crippen LogP contribution in [0.25, 0.3) is 0 Å². The van der Waals surface area contributed by atoms with E-state index in [0.717, 1.165) is 10.6 Å². The molecule has 2 rings (SSSR count). The summed E-state index contributed by atoms with van der Waals surface area (Å²) in [5, 5.41) is 3.59. The quantitative estimate of drug-likeness (QED) is 0.849. The Morgan fingerprint density at radius 2 is 1.71 bits per heavy atom. The van der Waals surface area contributed by atoms with Crippen LogP contribution in [0.4, 0.5) is 11.4 Å². The van der Waals surface area contributed by atoms with E-state index >= 15 is 0 Å². The lowest BCUT2D eigenvalue weighted by atomic mass is 10.2. The van der Waals surface area contributed by atoms with Gasteiger partial charge in [0.25, 0.3) is 0 Å². The Kier molecular flexibility index (Phi) is 5.74. The summed E-state index contributed by atoms with van der Waals surface area (Å²) in [6, 6.07) is 11.9. The number of nitrogens with one attached hydrogen (secondary N) is 1. The number of benzene rings is 2. The summed E-state index contributed by atoms with van der Waals surface area (Å²) in [7, 11) is -3.69. The molecule has 0 aliphatic rings. The maximum absolute atomic E-state index is 12.5. The largest absolute Gasteiger partial charge is 0.324 e. The molecule has 24 heavy (non-hydrogen) atoms. The number of halogens is 2. The SMILES string of the molecule is C[C@H](C(=O)Nc1ccc(Cl)cc1)N(c1cccc(Cl)c1)S(C)(=O)=O. The minimum Gasteiger partial charge on any atom is -0.324 e. The maximum Gasteiger partial charge on any atom is 0.247 e. The Morgan fingerprint density at radius 1 is 1.08 bits per heavy atom. The number of hydrogen-bond donors (Lipinski definition) is 1. The van der Waals surface area contributed by atoms with Crippen molar-refractivity contribution < 1.29 is 13.2 Å². The Labute approximate surface area is 151 Å². The van der Waals surface area contributed by atoms with Gasteiger partial charge >= 0.3 is 0 Å². The monoisotopic (exact) mass is 386 g/mol. The smallest absolute Gasteiger partial charge is 0.247 e. The predicted octanol–water partition coefficient (Wildman–Crippen LogP) is 3.79. The van der Waals surface area contributed by atoms with Crippen molar-refractivity contribution in [3.8, 4) is 0 Å². The summed E-state index contributed by atoms with van der Waals surface area (Å²) in [6.07, 6.45) is 1.04. The van der Waals surface area contributed by atoms with E-state index in [9.17, 15) is 13.2 Å². The van der Waals surface area contributed by atoms with Gasteiger partial charge in [-0.2, -0.15) is 0 Å². The Hall–Kier alpha value is -1.76. The molecule has 8 heteroatoms. The van der Waals surface area contributed by atoms with Crippen molar-refractivity contribution in [2.75, 3.05) is 15.9 Å². The van der Waals surface area contributed by atoms with Crippen LogP contribution in [0.2, 0.25) is 10.0 Å². The molecular formula is C16H16Cl2N2O3S. The topological polar surface area (TPSA) is 66.5 Å². The number of sulfonamides is 1. The first-order chi connectivity index (χ1) is 11.2. The van der Waals surface area contributed by atoms with Gasteiger partial charge in [-0.3, -0.25) is 9.10 Å². The van der Waals surface area contributed by atoms with E-state index in [2.05, 4.69) is 5.32 Å². The maximum atomic E-state index is 12.5. The van der Waals surface area contributed by atoms with Crippen LogP contribution in [0.15, 0.2) is 48.5 Å². The minimum atomic E-state index is -3.69. The van der Waals surface area contributed by atoms with Crippen molar-refractivity contribution in [2.45, 2.75) is 13.0 Å². The zero-order valence-corrected chi connectivity index (χ0v) is 15.4. The lowest BCUT2D eigenvalue weighted by Gasteiger charge is -2.28. The van der Waals surface area contributed by atoms with Gasteiger partial charge in [0.15, 0.2) is 0 Å². The van der Waals surface area contributed by atoms with Gasteiger partial charge in [-0.25, -0.2) is 8.42 Å². The molecule has 0 saturated heterocycles. The molecule has 0 aliphatic heterocycles. The van der Waals surface area contributed by atoms with Gasteiger partial charge in [0.1, 0.15) is 6.04 Å². The van der Waals surface area contributed by atoms with Gasteiger partial charge in [0.05, 0.1) is 11.9 Å². The Morgan fingerprint density at radius 3 is 2.25 bits per heavy atom. The van der Waals surface area contributed by atoms with Crippen molar-refractivity contribution in [2.24, 2.45) is 0 Å². The van der Waals surface area contributed by atoms with Crippen LogP contribution in [0, 0.1) is 0 Å². The lowest BCUT2D eigenvalue weighted by Crippen LogP contribution is -2.45. The molecule has 0 unspecified atom stereocenters. The molecular weight excluding hydrogens is 371 g/mol. The molecule has 1 atom stereocenters. The molecule has 2 aromatic carbocycles. The van der Waals surface area contributed by atoms with E-state index in [1.165, 1.54) is 13.0 Å². The minimum absolute atomic E-state index is 0.323. The van der Waals surface area contributed by atoms with Crippen LogP contribution >= 0.6 is 23.2 Å². The average molecular weight is 387 g/mol. The lowest BCUT2D eigenvalue weighted by molar-refractivity contribution is -0.116. The molecule has 128 valence electrons. The fourth-order valence-corrected chi connectivity index (χ4v) is 3.68. The fourth-order valence-electron chi connectivity index (χ4n) is 2.20.